The van der Waals surface area contributed by atoms with Crippen molar-refractivity contribution >= 4 is 45.3 Å². The number of hydrogen-bond acceptors (Lipinski definition) is 2. The van der Waals surface area contributed by atoms with Crippen LogP contribution in [0.1, 0.15) is 0 Å². The Hall–Kier alpha value is -2.23. The summed E-state index contributed by atoms with van der Waals surface area (Å²) in [5.74, 6) is 0. The van der Waals surface area contributed by atoms with E-state index in [1.807, 2.05) is 18.2 Å². The maximum absolute atomic E-state index is 10.9. The normalized spacial score (nSPS) is 11.4. The fourth-order valence-electron chi connectivity index (χ4n) is 2.52. The summed E-state index contributed by atoms with van der Waals surface area (Å²) in [7, 11) is 0. The maximum atomic E-state index is 10.9. The minimum absolute atomic E-state index is 0.134. The molecule has 0 atom stereocenters. The van der Waals surface area contributed by atoms with Gasteiger partial charge in [0.25, 0.3) is 0 Å². The minimum atomic E-state index is -0.352. The standard InChI is InChI=1S/C15H9N2O2Se/c18-17(19)11-6-7-12-10(9-11)5-8-15-16(12)13-3-1-2-4-14(13)20-15/h1-9H/q+1. The van der Waals surface area contributed by atoms with Gasteiger partial charge in [0.15, 0.2) is 0 Å². The van der Waals surface area contributed by atoms with E-state index in [9.17, 15) is 10.1 Å². The third kappa shape index (κ3) is 1.57. The molecular weight excluding hydrogens is 319 g/mol. The average molecular weight is 328 g/mol. The average Bonchev–Trinajstić information content (AvgIpc) is 2.85. The van der Waals surface area contributed by atoms with E-state index < -0.39 is 0 Å². The van der Waals surface area contributed by atoms with Crippen molar-refractivity contribution in [2.75, 3.05) is 0 Å². The van der Waals surface area contributed by atoms with Crippen molar-refractivity contribution in [1.82, 2.24) is 0 Å². The van der Waals surface area contributed by atoms with Crippen LogP contribution in [0.4, 0.5) is 5.69 Å². The predicted molar refractivity (Wildman–Crippen MR) is 78.2 cm³/mol. The van der Waals surface area contributed by atoms with E-state index in [-0.39, 0.29) is 10.6 Å². The first-order valence-corrected chi connectivity index (χ1v) is 7.86. The number of nitro groups is 1. The summed E-state index contributed by atoms with van der Waals surface area (Å²) in [5.41, 5.74) is 2.36. The number of benzene rings is 2. The summed E-state index contributed by atoms with van der Waals surface area (Å²) >= 11 is 0.298. The van der Waals surface area contributed by atoms with Crippen molar-refractivity contribution in [3.63, 3.8) is 0 Å². The Labute approximate surface area is 119 Å². The van der Waals surface area contributed by atoms with Crippen molar-refractivity contribution in [3.8, 4) is 0 Å². The van der Waals surface area contributed by atoms with Gasteiger partial charge in [-0.15, -0.1) is 0 Å². The van der Waals surface area contributed by atoms with Crippen LogP contribution in [0.2, 0.25) is 0 Å². The van der Waals surface area contributed by atoms with Crippen LogP contribution in [0.15, 0.2) is 54.6 Å². The summed E-state index contributed by atoms with van der Waals surface area (Å²) in [6.07, 6.45) is 0. The molecule has 0 N–H and O–H groups in total. The monoisotopic (exact) mass is 329 g/mol. The van der Waals surface area contributed by atoms with Crippen LogP contribution in [0.25, 0.3) is 25.1 Å². The zero-order valence-electron chi connectivity index (χ0n) is 10.3. The van der Waals surface area contributed by atoms with Crippen LogP contribution >= 0.6 is 0 Å². The quantitative estimate of drug-likeness (QED) is 0.233. The van der Waals surface area contributed by atoms with Gasteiger partial charge in [-0.1, -0.05) is 0 Å². The first kappa shape index (κ1) is 11.6. The zero-order valence-corrected chi connectivity index (χ0v) is 12.0. The molecule has 2 heterocycles. The van der Waals surface area contributed by atoms with Crippen molar-refractivity contribution in [2.45, 2.75) is 0 Å². The molecule has 0 aliphatic rings. The summed E-state index contributed by atoms with van der Waals surface area (Å²) in [5, 5.41) is 11.8. The first-order chi connectivity index (χ1) is 9.74. The van der Waals surface area contributed by atoms with E-state index in [0.29, 0.717) is 14.5 Å². The molecule has 96 valence electrons. The molecule has 0 spiro atoms. The second kappa shape index (κ2) is 4.13. The molecule has 0 amide bonds. The third-order valence-corrected chi connectivity index (χ3v) is 5.70. The van der Waals surface area contributed by atoms with E-state index in [2.05, 4.69) is 28.7 Å². The van der Waals surface area contributed by atoms with Crippen LogP contribution in [0.5, 0.6) is 0 Å². The van der Waals surface area contributed by atoms with Crippen LogP contribution in [0, 0.1) is 10.1 Å². The van der Waals surface area contributed by atoms with Crippen molar-refractivity contribution in [3.05, 3.63) is 64.7 Å². The molecule has 0 unspecified atom stereocenters. The second-order valence-corrected chi connectivity index (χ2v) is 6.81. The Morgan fingerprint density at radius 2 is 1.85 bits per heavy atom. The van der Waals surface area contributed by atoms with Gasteiger partial charge in [-0.3, -0.25) is 0 Å². The Balaban J connectivity index is 2.20. The topological polar surface area (TPSA) is 47.2 Å². The molecule has 0 saturated heterocycles. The molecule has 4 rings (SSSR count). The van der Waals surface area contributed by atoms with Gasteiger partial charge in [0, 0.05) is 0 Å². The molecule has 2 aromatic heterocycles. The summed E-state index contributed by atoms with van der Waals surface area (Å²) < 4.78 is 4.85. The Kier molecular flexibility index (Phi) is 2.39. The molecule has 0 aliphatic carbocycles. The van der Waals surface area contributed by atoms with E-state index in [1.54, 1.807) is 12.1 Å². The van der Waals surface area contributed by atoms with Crippen LogP contribution in [-0.4, -0.2) is 19.4 Å². The summed E-state index contributed by atoms with van der Waals surface area (Å²) in [6, 6.07) is 17.4. The van der Waals surface area contributed by atoms with Crippen LogP contribution in [-0.2, 0) is 0 Å². The number of rotatable bonds is 1. The predicted octanol–water partition coefficient (Wildman–Crippen LogP) is 2.70. The van der Waals surface area contributed by atoms with E-state index >= 15 is 0 Å². The Bertz CT molecular complexity index is 991. The van der Waals surface area contributed by atoms with Gasteiger partial charge in [0.05, 0.1) is 0 Å². The fraction of sp³-hybridized carbons (Fsp3) is 0. The number of pyridine rings is 1. The third-order valence-electron chi connectivity index (χ3n) is 3.41. The molecule has 4 aromatic rings. The van der Waals surface area contributed by atoms with Crippen LogP contribution in [0.3, 0.4) is 0 Å². The van der Waals surface area contributed by atoms with Gasteiger partial charge >= 0.3 is 119 Å². The molecule has 0 aliphatic heterocycles. The van der Waals surface area contributed by atoms with Crippen molar-refractivity contribution in [1.29, 1.82) is 0 Å². The number of hydrogen-bond donors (Lipinski definition) is 0. The van der Waals surface area contributed by atoms with Gasteiger partial charge in [0.2, 0.25) is 0 Å². The fourth-order valence-corrected chi connectivity index (χ4v) is 4.74. The summed E-state index contributed by atoms with van der Waals surface area (Å²) in [4.78, 5) is 10.5. The Morgan fingerprint density at radius 3 is 2.70 bits per heavy atom. The SMILES string of the molecule is O=[N+]([O-])c1ccc2c(ccc3[se]c4ccccc4[n+]32)c1. The molecule has 20 heavy (non-hydrogen) atoms. The number of non-ortho nitro benzene ring substituents is 1. The van der Waals surface area contributed by atoms with Gasteiger partial charge in [-0.2, -0.15) is 0 Å². The molecule has 0 bridgehead atoms. The zero-order chi connectivity index (χ0) is 13.7. The summed E-state index contributed by atoms with van der Waals surface area (Å²) in [6.45, 7) is 0. The number of nitrogens with zero attached hydrogens (tertiary/aromatic N) is 2. The first-order valence-electron chi connectivity index (χ1n) is 6.14. The van der Waals surface area contributed by atoms with Gasteiger partial charge in [-0.25, -0.2) is 0 Å². The number of nitro benzene ring substituents is 1. The molecule has 4 nitrogen and oxygen atoms in total. The van der Waals surface area contributed by atoms with Crippen molar-refractivity contribution < 1.29 is 9.32 Å². The van der Waals surface area contributed by atoms with Crippen molar-refractivity contribution in [2.24, 2.45) is 0 Å². The second-order valence-electron chi connectivity index (χ2n) is 4.58. The van der Waals surface area contributed by atoms with Crippen LogP contribution < -0.4 is 4.40 Å². The van der Waals surface area contributed by atoms with Gasteiger partial charge in [-0.05, 0) is 0 Å². The molecule has 0 saturated carbocycles. The molecule has 2 aromatic carbocycles. The molecular formula is C15H9N2O2Se+. The van der Waals surface area contributed by atoms with Gasteiger partial charge < -0.3 is 0 Å². The van der Waals surface area contributed by atoms with E-state index in [1.165, 1.54) is 14.2 Å². The van der Waals surface area contributed by atoms with Gasteiger partial charge in [0.1, 0.15) is 0 Å². The number of aromatic nitrogens is 1. The number of para-hydroxylation sites is 1. The van der Waals surface area contributed by atoms with E-state index in [4.69, 9.17) is 0 Å². The van der Waals surface area contributed by atoms with E-state index in [0.717, 1.165) is 10.9 Å². The Morgan fingerprint density at radius 1 is 1.00 bits per heavy atom. The molecule has 0 fully saturated rings. The number of fused-ring (bicyclic) bond motifs is 5. The molecule has 5 heteroatoms. The molecule has 0 radical (unpaired) electrons.